The van der Waals surface area contributed by atoms with Crippen molar-refractivity contribution >= 4 is 17.5 Å². The molecule has 2 N–H and O–H groups in total. The van der Waals surface area contributed by atoms with Crippen LogP contribution in [0.25, 0.3) is 0 Å². The van der Waals surface area contributed by atoms with Gasteiger partial charge in [-0.05, 0) is 30.7 Å². The molecule has 1 heterocycles. The second-order valence-corrected chi connectivity index (χ2v) is 5.16. The first-order chi connectivity index (χ1) is 11.8. The number of nitrogens with zero attached hydrogens (tertiary/aromatic N) is 2. The summed E-state index contributed by atoms with van der Waals surface area (Å²) in [5.74, 6) is 2.10. The Labute approximate surface area is 141 Å². The fourth-order valence-corrected chi connectivity index (χ4v) is 2.28. The van der Waals surface area contributed by atoms with Gasteiger partial charge in [-0.2, -0.15) is 4.98 Å². The van der Waals surface area contributed by atoms with Crippen molar-refractivity contribution < 1.29 is 4.74 Å². The van der Waals surface area contributed by atoms with Gasteiger partial charge < -0.3 is 15.4 Å². The Kier molecular flexibility index (Phi) is 5.24. The molecular weight excluding hydrogens is 300 g/mol. The third-order valence-corrected chi connectivity index (χ3v) is 3.40. The summed E-state index contributed by atoms with van der Waals surface area (Å²) < 4.78 is 5.62. The first-order valence-corrected chi connectivity index (χ1v) is 7.95. The molecule has 0 saturated heterocycles. The molecule has 2 aromatic carbocycles. The molecule has 122 valence electrons. The van der Waals surface area contributed by atoms with Gasteiger partial charge in [-0.15, -0.1) is 0 Å². The van der Waals surface area contributed by atoms with Crippen LogP contribution in [0.3, 0.4) is 0 Å². The molecule has 0 radical (unpaired) electrons. The Balaban J connectivity index is 1.69. The highest BCUT2D eigenvalue weighted by Gasteiger charge is 2.05. The van der Waals surface area contributed by atoms with E-state index in [1.165, 1.54) is 5.56 Å². The van der Waals surface area contributed by atoms with Crippen molar-refractivity contribution in [1.82, 2.24) is 9.97 Å². The quantitative estimate of drug-likeness (QED) is 0.682. The van der Waals surface area contributed by atoms with E-state index in [0.29, 0.717) is 24.9 Å². The van der Waals surface area contributed by atoms with Gasteiger partial charge in [-0.25, -0.2) is 4.98 Å². The van der Waals surface area contributed by atoms with Crippen LogP contribution in [0.4, 0.5) is 17.5 Å². The minimum Gasteiger partial charge on any atom is -0.492 e. The zero-order valence-electron chi connectivity index (χ0n) is 13.6. The van der Waals surface area contributed by atoms with E-state index >= 15 is 0 Å². The minimum atomic E-state index is 0.581. The third-order valence-electron chi connectivity index (χ3n) is 3.40. The molecule has 24 heavy (non-hydrogen) atoms. The van der Waals surface area contributed by atoms with Gasteiger partial charge in [-0.3, -0.25) is 0 Å². The Hall–Kier alpha value is -3.08. The first-order valence-electron chi connectivity index (χ1n) is 7.95. The van der Waals surface area contributed by atoms with Crippen LogP contribution < -0.4 is 15.4 Å². The van der Waals surface area contributed by atoms with Gasteiger partial charge in [-0.1, -0.05) is 42.5 Å². The zero-order valence-corrected chi connectivity index (χ0v) is 13.6. The maximum Gasteiger partial charge on any atom is 0.224 e. The molecule has 0 fully saturated rings. The molecule has 0 amide bonds. The van der Waals surface area contributed by atoms with E-state index in [1.807, 2.05) is 55.5 Å². The van der Waals surface area contributed by atoms with E-state index < -0.39 is 0 Å². The van der Waals surface area contributed by atoms with E-state index in [4.69, 9.17) is 4.74 Å². The monoisotopic (exact) mass is 320 g/mol. The van der Waals surface area contributed by atoms with Crippen LogP contribution in [0.1, 0.15) is 12.5 Å². The van der Waals surface area contributed by atoms with E-state index in [0.717, 1.165) is 11.4 Å². The summed E-state index contributed by atoms with van der Waals surface area (Å²) in [7, 11) is 0. The molecule has 3 aromatic rings. The highest BCUT2D eigenvalue weighted by Crippen LogP contribution is 2.26. The summed E-state index contributed by atoms with van der Waals surface area (Å²) >= 11 is 0. The third kappa shape index (κ3) is 4.23. The minimum absolute atomic E-state index is 0.581. The van der Waals surface area contributed by atoms with Crippen LogP contribution in [0.15, 0.2) is 66.9 Å². The lowest BCUT2D eigenvalue weighted by atomic mass is 10.2. The molecule has 0 aliphatic carbocycles. The van der Waals surface area contributed by atoms with Crippen molar-refractivity contribution in [2.75, 3.05) is 17.2 Å². The highest BCUT2D eigenvalue weighted by molar-refractivity contribution is 5.64. The largest absolute Gasteiger partial charge is 0.492 e. The number of nitrogens with one attached hydrogen (secondary N) is 2. The van der Waals surface area contributed by atoms with Crippen LogP contribution >= 0.6 is 0 Å². The summed E-state index contributed by atoms with van der Waals surface area (Å²) in [6, 6.07) is 19.8. The number of hydrogen-bond acceptors (Lipinski definition) is 5. The fraction of sp³-hybridized carbons (Fsp3) is 0.158. The number of benzene rings is 2. The fourth-order valence-electron chi connectivity index (χ4n) is 2.28. The number of para-hydroxylation sites is 2. The lowest BCUT2D eigenvalue weighted by molar-refractivity contribution is 0.342. The van der Waals surface area contributed by atoms with Gasteiger partial charge in [0.25, 0.3) is 0 Å². The van der Waals surface area contributed by atoms with Crippen LogP contribution in [-0.2, 0) is 6.54 Å². The number of anilines is 3. The van der Waals surface area contributed by atoms with Crippen LogP contribution in [0.2, 0.25) is 0 Å². The van der Waals surface area contributed by atoms with E-state index in [2.05, 4.69) is 32.7 Å². The second kappa shape index (κ2) is 7.97. The molecule has 3 rings (SSSR count). The predicted octanol–water partition coefficient (Wildman–Crippen LogP) is 4.23. The normalized spacial score (nSPS) is 10.2. The Morgan fingerprint density at radius 2 is 1.75 bits per heavy atom. The number of ether oxygens (including phenoxy) is 1. The van der Waals surface area contributed by atoms with Crippen molar-refractivity contribution in [3.63, 3.8) is 0 Å². The summed E-state index contributed by atoms with van der Waals surface area (Å²) in [5, 5.41) is 6.51. The molecule has 0 saturated carbocycles. The van der Waals surface area contributed by atoms with Crippen LogP contribution in [0.5, 0.6) is 5.75 Å². The molecule has 5 heteroatoms. The zero-order chi connectivity index (χ0) is 16.6. The summed E-state index contributed by atoms with van der Waals surface area (Å²) in [6.07, 6.45) is 1.73. The molecule has 1 aromatic heterocycles. The summed E-state index contributed by atoms with van der Waals surface area (Å²) in [6.45, 7) is 3.26. The van der Waals surface area contributed by atoms with Gasteiger partial charge >= 0.3 is 0 Å². The predicted molar refractivity (Wildman–Crippen MR) is 96.7 cm³/mol. The van der Waals surface area contributed by atoms with Gasteiger partial charge in [0.2, 0.25) is 5.95 Å². The maximum atomic E-state index is 5.62. The standard InChI is InChI=1S/C19H20N4O/c1-2-24-17-11-7-6-10-16(17)22-18-12-13-20-19(23-18)21-14-15-8-4-3-5-9-15/h3-13H,2,14H2,1H3,(H2,20,21,22,23). The number of rotatable bonds is 7. The highest BCUT2D eigenvalue weighted by atomic mass is 16.5. The second-order valence-electron chi connectivity index (χ2n) is 5.16. The van der Waals surface area contributed by atoms with Crippen molar-refractivity contribution in [1.29, 1.82) is 0 Å². The average Bonchev–Trinajstić information content (AvgIpc) is 2.63. The average molecular weight is 320 g/mol. The van der Waals surface area contributed by atoms with Gasteiger partial charge in [0.15, 0.2) is 0 Å². The number of aromatic nitrogens is 2. The molecule has 0 aliphatic heterocycles. The first kappa shape index (κ1) is 15.8. The van der Waals surface area contributed by atoms with E-state index in [-0.39, 0.29) is 0 Å². The smallest absolute Gasteiger partial charge is 0.224 e. The Morgan fingerprint density at radius 3 is 2.58 bits per heavy atom. The van der Waals surface area contributed by atoms with E-state index in [1.54, 1.807) is 6.20 Å². The van der Waals surface area contributed by atoms with Gasteiger partial charge in [0.05, 0.1) is 12.3 Å². The van der Waals surface area contributed by atoms with Crippen molar-refractivity contribution in [2.24, 2.45) is 0 Å². The lowest BCUT2D eigenvalue weighted by Gasteiger charge is -2.12. The Bertz CT molecular complexity index is 777. The summed E-state index contributed by atoms with van der Waals surface area (Å²) in [5.41, 5.74) is 2.06. The van der Waals surface area contributed by atoms with Crippen molar-refractivity contribution in [3.05, 3.63) is 72.4 Å². The van der Waals surface area contributed by atoms with E-state index in [9.17, 15) is 0 Å². The SMILES string of the molecule is CCOc1ccccc1Nc1ccnc(NCc2ccccc2)n1. The molecule has 0 atom stereocenters. The molecule has 5 nitrogen and oxygen atoms in total. The Morgan fingerprint density at radius 1 is 0.958 bits per heavy atom. The van der Waals surface area contributed by atoms with Crippen molar-refractivity contribution in [2.45, 2.75) is 13.5 Å². The molecule has 0 spiro atoms. The van der Waals surface area contributed by atoms with Gasteiger partial charge in [0.1, 0.15) is 11.6 Å². The molecule has 0 bridgehead atoms. The molecule has 0 unspecified atom stereocenters. The molecule has 0 aliphatic rings. The lowest BCUT2D eigenvalue weighted by Crippen LogP contribution is -2.05. The maximum absolute atomic E-state index is 5.62. The topological polar surface area (TPSA) is 59.1 Å². The molecular formula is C19H20N4O. The van der Waals surface area contributed by atoms with Gasteiger partial charge in [0, 0.05) is 12.7 Å². The van der Waals surface area contributed by atoms with Crippen LogP contribution in [0, 0.1) is 0 Å². The summed E-state index contributed by atoms with van der Waals surface area (Å²) in [4.78, 5) is 8.76. The van der Waals surface area contributed by atoms with Crippen molar-refractivity contribution in [3.8, 4) is 5.75 Å². The van der Waals surface area contributed by atoms with Crippen LogP contribution in [-0.4, -0.2) is 16.6 Å². The number of hydrogen-bond donors (Lipinski definition) is 2.